The Morgan fingerprint density at radius 1 is 1.24 bits per heavy atom. The number of fused-ring (bicyclic) bond motifs is 1. The van der Waals surface area contributed by atoms with Crippen molar-refractivity contribution in [2.45, 2.75) is 20.4 Å². The summed E-state index contributed by atoms with van der Waals surface area (Å²) in [5.41, 5.74) is 4.68. The summed E-state index contributed by atoms with van der Waals surface area (Å²) in [5, 5.41) is 4.59. The second kappa shape index (κ2) is 5.34. The molecule has 0 atom stereocenters. The van der Waals surface area contributed by atoms with Gasteiger partial charge in [0.25, 0.3) is 0 Å². The smallest absolute Gasteiger partial charge is 0.137 e. The molecule has 2 rings (SSSR count). The van der Waals surface area contributed by atoms with Gasteiger partial charge < -0.3 is 14.5 Å². The van der Waals surface area contributed by atoms with Gasteiger partial charge in [-0.15, -0.1) is 0 Å². The van der Waals surface area contributed by atoms with Gasteiger partial charge >= 0.3 is 0 Å². The molecule has 1 heterocycles. The predicted octanol–water partition coefficient (Wildman–Crippen LogP) is 2.79. The van der Waals surface area contributed by atoms with E-state index in [-0.39, 0.29) is 0 Å². The Bertz CT molecular complexity index is 502. The highest BCUT2D eigenvalue weighted by Gasteiger charge is 2.09. The van der Waals surface area contributed by atoms with Crippen LogP contribution >= 0.6 is 0 Å². The third-order valence-corrected chi connectivity index (χ3v) is 3.00. The van der Waals surface area contributed by atoms with Crippen LogP contribution in [0.3, 0.4) is 0 Å². The van der Waals surface area contributed by atoms with E-state index in [1.165, 1.54) is 22.1 Å². The van der Waals surface area contributed by atoms with Crippen molar-refractivity contribution in [3.05, 3.63) is 35.1 Å². The molecule has 0 fully saturated rings. The zero-order chi connectivity index (χ0) is 12.3. The molecule has 0 aliphatic heterocycles. The van der Waals surface area contributed by atoms with Crippen molar-refractivity contribution >= 4 is 11.0 Å². The second-order valence-electron chi connectivity index (χ2n) is 4.33. The Morgan fingerprint density at radius 3 is 2.76 bits per heavy atom. The number of furan rings is 1. The second-order valence-corrected chi connectivity index (χ2v) is 4.33. The molecule has 0 radical (unpaired) electrons. The van der Waals surface area contributed by atoms with Gasteiger partial charge in [0.1, 0.15) is 5.58 Å². The van der Waals surface area contributed by atoms with E-state index >= 15 is 0 Å². The first kappa shape index (κ1) is 12.1. The number of rotatable bonds is 5. The van der Waals surface area contributed by atoms with Crippen LogP contribution in [-0.2, 0) is 11.3 Å². The van der Waals surface area contributed by atoms with Crippen molar-refractivity contribution in [1.82, 2.24) is 5.32 Å². The molecule has 0 spiro atoms. The molecule has 0 unspecified atom stereocenters. The van der Waals surface area contributed by atoms with Crippen LogP contribution in [0, 0.1) is 13.8 Å². The van der Waals surface area contributed by atoms with Crippen LogP contribution in [0.25, 0.3) is 11.0 Å². The minimum atomic E-state index is 0.730. The van der Waals surface area contributed by atoms with Gasteiger partial charge in [0.15, 0.2) is 0 Å². The standard InChI is InChI=1S/C14H19NO2/c1-10-4-5-11(2)14-13(10)12(9-17-14)8-15-6-7-16-3/h4-5,9,15H,6-8H2,1-3H3. The fourth-order valence-corrected chi connectivity index (χ4v) is 2.05. The Morgan fingerprint density at radius 2 is 2.00 bits per heavy atom. The number of hydrogen-bond donors (Lipinski definition) is 1. The molecular weight excluding hydrogens is 214 g/mol. The Labute approximate surface area is 102 Å². The van der Waals surface area contributed by atoms with Gasteiger partial charge in [-0.25, -0.2) is 0 Å². The lowest BCUT2D eigenvalue weighted by Crippen LogP contribution is -2.18. The summed E-state index contributed by atoms with van der Waals surface area (Å²) in [7, 11) is 1.71. The van der Waals surface area contributed by atoms with E-state index in [1.54, 1.807) is 7.11 Å². The summed E-state index contributed by atoms with van der Waals surface area (Å²) in [5.74, 6) is 0. The van der Waals surface area contributed by atoms with Crippen LogP contribution in [-0.4, -0.2) is 20.3 Å². The zero-order valence-corrected chi connectivity index (χ0v) is 10.7. The quantitative estimate of drug-likeness (QED) is 0.806. The summed E-state index contributed by atoms with van der Waals surface area (Å²) in [6.45, 7) is 6.60. The van der Waals surface area contributed by atoms with E-state index in [0.717, 1.165) is 25.3 Å². The maximum absolute atomic E-state index is 5.65. The van der Waals surface area contributed by atoms with E-state index in [0.29, 0.717) is 0 Å². The van der Waals surface area contributed by atoms with E-state index in [2.05, 4.69) is 31.3 Å². The van der Waals surface area contributed by atoms with Gasteiger partial charge in [-0.3, -0.25) is 0 Å². The van der Waals surface area contributed by atoms with E-state index in [1.807, 2.05) is 6.26 Å². The van der Waals surface area contributed by atoms with Gasteiger partial charge in [-0.1, -0.05) is 12.1 Å². The molecule has 0 amide bonds. The van der Waals surface area contributed by atoms with E-state index in [4.69, 9.17) is 9.15 Å². The molecule has 3 nitrogen and oxygen atoms in total. The van der Waals surface area contributed by atoms with Crippen molar-refractivity contribution in [3.8, 4) is 0 Å². The zero-order valence-electron chi connectivity index (χ0n) is 10.7. The monoisotopic (exact) mass is 233 g/mol. The highest BCUT2D eigenvalue weighted by Crippen LogP contribution is 2.27. The Hall–Kier alpha value is -1.32. The van der Waals surface area contributed by atoms with Crippen molar-refractivity contribution in [2.24, 2.45) is 0 Å². The van der Waals surface area contributed by atoms with Crippen molar-refractivity contribution in [2.75, 3.05) is 20.3 Å². The maximum Gasteiger partial charge on any atom is 0.137 e. The summed E-state index contributed by atoms with van der Waals surface area (Å²) >= 11 is 0. The van der Waals surface area contributed by atoms with Gasteiger partial charge in [-0.05, 0) is 25.0 Å². The first-order valence-corrected chi connectivity index (χ1v) is 5.90. The van der Waals surface area contributed by atoms with Gasteiger partial charge in [0.05, 0.1) is 12.9 Å². The predicted molar refractivity (Wildman–Crippen MR) is 69.3 cm³/mol. The molecule has 17 heavy (non-hydrogen) atoms. The Kier molecular flexibility index (Phi) is 3.82. The first-order valence-electron chi connectivity index (χ1n) is 5.90. The SMILES string of the molecule is COCCNCc1coc2c(C)ccc(C)c12. The molecular formula is C14H19NO2. The molecule has 92 valence electrons. The van der Waals surface area contributed by atoms with Gasteiger partial charge in [0, 0.05) is 31.1 Å². The molecule has 0 aliphatic rings. The van der Waals surface area contributed by atoms with Crippen molar-refractivity contribution < 1.29 is 9.15 Å². The topological polar surface area (TPSA) is 34.4 Å². The fourth-order valence-electron chi connectivity index (χ4n) is 2.05. The fraction of sp³-hybridized carbons (Fsp3) is 0.429. The van der Waals surface area contributed by atoms with Gasteiger partial charge in [0.2, 0.25) is 0 Å². The molecule has 0 aliphatic carbocycles. The lowest BCUT2D eigenvalue weighted by atomic mass is 10.0. The number of nitrogens with one attached hydrogen (secondary N) is 1. The number of benzene rings is 1. The third kappa shape index (κ3) is 2.51. The first-order chi connectivity index (χ1) is 8.24. The number of methoxy groups -OCH3 is 1. The van der Waals surface area contributed by atoms with Crippen LogP contribution in [0.4, 0.5) is 0 Å². The van der Waals surface area contributed by atoms with E-state index < -0.39 is 0 Å². The summed E-state index contributed by atoms with van der Waals surface area (Å²) < 4.78 is 10.7. The third-order valence-electron chi connectivity index (χ3n) is 3.00. The molecule has 0 saturated carbocycles. The van der Waals surface area contributed by atoms with Crippen LogP contribution in [0.1, 0.15) is 16.7 Å². The number of hydrogen-bond acceptors (Lipinski definition) is 3. The lowest BCUT2D eigenvalue weighted by Gasteiger charge is -2.04. The average molecular weight is 233 g/mol. The minimum Gasteiger partial charge on any atom is -0.464 e. The van der Waals surface area contributed by atoms with Crippen LogP contribution in [0.5, 0.6) is 0 Å². The normalized spacial score (nSPS) is 11.2. The van der Waals surface area contributed by atoms with Crippen molar-refractivity contribution in [3.63, 3.8) is 0 Å². The van der Waals surface area contributed by atoms with Crippen LogP contribution in [0.2, 0.25) is 0 Å². The van der Waals surface area contributed by atoms with Gasteiger partial charge in [-0.2, -0.15) is 0 Å². The molecule has 0 bridgehead atoms. The van der Waals surface area contributed by atoms with Crippen LogP contribution in [0.15, 0.2) is 22.8 Å². The van der Waals surface area contributed by atoms with Crippen LogP contribution < -0.4 is 5.32 Å². The highest BCUT2D eigenvalue weighted by atomic mass is 16.5. The maximum atomic E-state index is 5.65. The molecule has 1 N–H and O–H groups in total. The highest BCUT2D eigenvalue weighted by molar-refractivity contribution is 5.86. The molecule has 3 heteroatoms. The largest absolute Gasteiger partial charge is 0.464 e. The Balaban J connectivity index is 2.20. The minimum absolute atomic E-state index is 0.730. The van der Waals surface area contributed by atoms with E-state index in [9.17, 15) is 0 Å². The molecule has 0 saturated heterocycles. The summed E-state index contributed by atoms with van der Waals surface area (Å²) in [6.07, 6.45) is 1.85. The summed E-state index contributed by atoms with van der Waals surface area (Å²) in [4.78, 5) is 0. The number of ether oxygens (including phenoxy) is 1. The average Bonchev–Trinajstić information content (AvgIpc) is 2.75. The molecule has 1 aromatic heterocycles. The number of aryl methyl sites for hydroxylation is 2. The molecule has 1 aromatic carbocycles. The van der Waals surface area contributed by atoms with Crippen molar-refractivity contribution in [1.29, 1.82) is 0 Å². The lowest BCUT2D eigenvalue weighted by molar-refractivity contribution is 0.199. The summed E-state index contributed by atoms with van der Waals surface area (Å²) in [6, 6.07) is 4.25. The molecule has 2 aromatic rings.